The number of nitrogens with zero attached hydrogens (tertiary/aromatic N) is 5. The zero-order valence-corrected chi connectivity index (χ0v) is 15.5. The Balaban J connectivity index is 1.42. The topological polar surface area (TPSA) is 117 Å². The number of carbonyl (C=O) groups is 2. The van der Waals surface area contributed by atoms with E-state index in [2.05, 4.69) is 12.1 Å². The lowest BCUT2D eigenvalue weighted by Gasteiger charge is -2.35. The molecule has 0 aliphatic carbocycles. The van der Waals surface area contributed by atoms with Gasteiger partial charge in [-0.15, -0.1) is 0 Å². The molecular formula is C20H22N6O2. The van der Waals surface area contributed by atoms with Gasteiger partial charge in [0.05, 0.1) is 35.8 Å². The number of fused-ring (bicyclic) bond motifs is 2. The number of carbonyl (C=O) groups excluding carboxylic acids is 2. The zero-order valence-electron chi connectivity index (χ0n) is 15.5. The van der Waals surface area contributed by atoms with Crippen LogP contribution in [0.15, 0.2) is 24.3 Å². The van der Waals surface area contributed by atoms with E-state index in [-0.39, 0.29) is 23.9 Å². The van der Waals surface area contributed by atoms with Crippen LogP contribution >= 0.6 is 0 Å². The normalized spacial score (nSPS) is 27.7. The maximum absolute atomic E-state index is 12.9. The zero-order chi connectivity index (χ0) is 19.8. The first-order valence-electron chi connectivity index (χ1n) is 9.56. The molecular weight excluding hydrogens is 356 g/mol. The molecule has 2 amide bonds. The van der Waals surface area contributed by atoms with Crippen LogP contribution < -0.4 is 10.6 Å². The summed E-state index contributed by atoms with van der Waals surface area (Å²) in [5, 5.41) is 18.3. The van der Waals surface area contributed by atoms with Crippen LogP contribution in [0.5, 0.6) is 0 Å². The molecule has 3 aliphatic rings. The summed E-state index contributed by atoms with van der Waals surface area (Å²) >= 11 is 0. The number of likely N-dealkylation sites (tertiary alicyclic amines) is 2. The number of nitriles is 2. The van der Waals surface area contributed by atoms with Crippen molar-refractivity contribution in [2.24, 2.45) is 5.73 Å². The minimum Gasteiger partial charge on any atom is -0.325 e. The van der Waals surface area contributed by atoms with Gasteiger partial charge >= 0.3 is 0 Å². The van der Waals surface area contributed by atoms with Crippen molar-refractivity contribution in [3.8, 4) is 12.1 Å². The Labute approximate surface area is 163 Å². The third-order valence-corrected chi connectivity index (χ3v) is 5.96. The summed E-state index contributed by atoms with van der Waals surface area (Å²) in [4.78, 5) is 30.9. The van der Waals surface area contributed by atoms with E-state index in [1.807, 2.05) is 11.0 Å². The van der Waals surface area contributed by atoms with Crippen LogP contribution in [0.1, 0.15) is 24.8 Å². The van der Waals surface area contributed by atoms with Crippen molar-refractivity contribution >= 4 is 17.5 Å². The van der Waals surface area contributed by atoms with Gasteiger partial charge in [-0.3, -0.25) is 14.5 Å². The van der Waals surface area contributed by atoms with Crippen LogP contribution in [0, 0.1) is 22.7 Å². The molecule has 0 spiro atoms. The predicted molar refractivity (Wildman–Crippen MR) is 101 cm³/mol. The second-order valence-corrected chi connectivity index (χ2v) is 7.65. The summed E-state index contributed by atoms with van der Waals surface area (Å²) in [6.45, 7) is 1.53. The highest BCUT2D eigenvalue weighted by Gasteiger charge is 2.50. The van der Waals surface area contributed by atoms with Crippen molar-refractivity contribution in [1.82, 2.24) is 9.80 Å². The molecule has 8 heteroatoms. The number of nitrogens with two attached hydrogens (primary N) is 1. The molecule has 4 atom stereocenters. The first kappa shape index (κ1) is 18.4. The Morgan fingerprint density at radius 2 is 2.18 bits per heavy atom. The highest BCUT2D eigenvalue weighted by atomic mass is 16.2. The van der Waals surface area contributed by atoms with Gasteiger partial charge in [-0.1, -0.05) is 6.07 Å². The Hall–Kier alpha value is -2.94. The second kappa shape index (κ2) is 7.23. The molecule has 0 saturated carbocycles. The second-order valence-electron chi connectivity index (χ2n) is 7.65. The first-order valence-corrected chi connectivity index (χ1v) is 9.56. The summed E-state index contributed by atoms with van der Waals surface area (Å²) in [6.07, 6.45) is 2.21. The number of benzene rings is 1. The Kier molecular flexibility index (Phi) is 4.76. The highest BCUT2D eigenvalue weighted by Crippen LogP contribution is 2.36. The van der Waals surface area contributed by atoms with Crippen molar-refractivity contribution in [1.29, 1.82) is 10.5 Å². The average Bonchev–Trinajstić information content (AvgIpc) is 3.41. The fourth-order valence-corrected chi connectivity index (χ4v) is 4.64. The third-order valence-electron chi connectivity index (χ3n) is 5.96. The summed E-state index contributed by atoms with van der Waals surface area (Å²) in [5.41, 5.74) is 7.42. The molecule has 3 heterocycles. The van der Waals surface area contributed by atoms with Gasteiger partial charge in [0.15, 0.2) is 0 Å². The van der Waals surface area contributed by atoms with Crippen LogP contribution in [0.3, 0.4) is 0 Å². The molecule has 0 aromatic heterocycles. The van der Waals surface area contributed by atoms with E-state index in [0.717, 1.165) is 12.1 Å². The van der Waals surface area contributed by atoms with Crippen molar-refractivity contribution in [3.63, 3.8) is 0 Å². The summed E-state index contributed by atoms with van der Waals surface area (Å²) in [6, 6.07) is 9.93. The highest BCUT2D eigenvalue weighted by molar-refractivity contribution is 6.01. The molecule has 1 aromatic rings. The molecule has 2 N–H and O–H groups in total. The molecule has 144 valence electrons. The van der Waals surface area contributed by atoms with E-state index in [0.29, 0.717) is 38.0 Å². The number of hydrogen-bond donors (Lipinski definition) is 1. The molecule has 3 aliphatic heterocycles. The van der Waals surface area contributed by atoms with E-state index >= 15 is 0 Å². The van der Waals surface area contributed by atoms with Crippen LogP contribution in [0.2, 0.25) is 0 Å². The van der Waals surface area contributed by atoms with E-state index in [1.165, 1.54) is 0 Å². The fraction of sp³-hybridized carbons (Fsp3) is 0.500. The van der Waals surface area contributed by atoms with Crippen molar-refractivity contribution in [2.75, 3.05) is 24.5 Å². The Bertz CT molecular complexity index is 887. The lowest BCUT2D eigenvalue weighted by molar-refractivity contribution is -0.134. The molecule has 2 bridgehead atoms. The molecule has 3 saturated heterocycles. The number of hydrogen-bond acceptors (Lipinski definition) is 6. The van der Waals surface area contributed by atoms with E-state index in [1.54, 1.807) is 28.0 Å². The van der Waals surface area contributed by atoms with Crippen LogP contribution in [-0.2, 0) is 9.59 Å². The lowest BCUT2D eigenvalue weighted by Crippen LogP contribution is -2.56. The number of piperazine rings is 1. The van der Waals surface area contributed by atoms with Crippen LogP contribution in [-0.4, -0.2) is 65.4 Å². The minimum atomic E-state index is -0.739. The van der Waals surface area contributed by atoms with Crippen molar-refractivity contribution < 1.29 is 9.59 Å². The molecule has 4 rings (SSSR count). The van der Waals surface area contributed by atoms with Gasteiger partial charge in [0, 0.05) is 25.3 Å². The largest absolute Gasteiger partial charge is 0.325 e. The molecule has 0 radical (unpaired) electrons. The van der Waals surface area contributed by atoms with Gasteiger partial charge in [0.25, 0.3) is 0 Å². The predicted octanol–water partition coefficient (Wildman–Crippen LogP) is 0.190. The molecule has 3 fully saturated rings. The van der Waals surface area contributed by atoms with Crippen LogP contribution in [0.4, 0.5) is 5.69 Å². The standard InChI is InChI=1S/C20H22N6O2/c21-9-13-3-1-4-14(7-13)26-16-8-18(20(26)28)24(11-16)12-17(23)19(27)25-6-2-5-15(25)10-22/h1,3-4,7,15-18H,2,5-6,8,11-12,23H2/t15-,16?,17-,18+/m0/s1. The minimum absolute atomic E-state index is 0.0120. The summed E-state index contributed by atoms with van der Waals surface area (Å²) < 4.78 is 0. The quantitative estimate of drug-likeness (QED) is 0.799. The van der Waals surface area contributed by atoms with Crippen molar-refractivity contribution in [2.45, 2.75) is 43.4 Å². The average molecular weight is 378 g/mol. The molecule has 1 aromatic carbocycles. The van der Waals surface area contributed by atoms with E-state index in [9.17, 15) is 14.9 Å². The van der Waals surface area contributed by atoms with Gasteiger partial charge < -0.3 is 15.5 Å². The van der Waals surface area contributed by atoms with Gasteiger partial charge in [0.1, 0.15) is 6.04 Å². The Morgan fingerprint density at radius 3 is 2.89 bits per heavy atom. The van der Waals surface area contributed by atoms with Gasteiger partial charge in [-0.05, 0) is 37.5 Å². The number of anilines is 1. The SMILES string of the molecule is N#Cc1cccc(N2C(=O)[C@H]3CC2CN3C[C@H](N)C(=O)N2CCC[C@H]2C#N)c1. The van der Waals surface area contributed by atoms with E-state index < -0.39 is 12.1 Å². The fourth-order valence-electron chi connectivity index (χ4n) is 4.64. The number of rotatable bonds is 4. The maximum Gasteiger partial charge on any atom is 0.244 e. The number of amides is 2. The molecule has 8 nitrogen and oxygen atoms in total. The Morgan fingerprint density at radius 1 is 1.36 bits per heavy atom. The van der Waals surface area contributed by atoms with Gasteiger partial charge in [0.2, 0.25) is 11.8 Å². The smallest absolute Gasteiger partial charge is 0.244 e. The van der Waals surface area contributed by atoms with Crippen LogP contribution in [0.25, 0.3) is 0 Å². The first-order chi connectivity index (χ1) is 13.5. The van der Waals surface area contributed by atoms with Gasteiger partial charge in [-0.25, -0.2) is 0 Å². The van der Waals surface area contributed by atoms with E-state index in [4.69, 9.17) is 11.0 Å². The third kappa shape index (κ3) is 3.01. The lowest BCUT2D eigenvalue weighted by atomic mass is 10.1. The summed E-state index contributed by atoms with van der Waals surface area (Å²) in [7, 11) is 0. The molecule has 28 heavy (non-hydrogen) atoms. The van der Waals surface area contributed by atoms with Gasteiger partial charge in [-0.2, -0.15) is 10.5 Å². The van der Waals surface area contributed by atoms with Crippen molar-refractivity contribution in [3.05, 3.63) is 29.8 Å². The maximum atomic E-state index is 12.9. The molecule has 1 unspecified atom stereocenters. The summed E-state index contributed by atoms with van der Waals surface area (Å²) in [5.74, 6) is -0.222. The monoisotopic (exact) mass is 378 g/mol.